The molecule has 214 valence electrons. The quantitative estimate of drug-likeness (QED) is 0.317. The molecule has 7 nitrogen and oxygen atoms in total. The lowest BCUT2D eigenvalue weighted by Crippen LogP contribution is -2.53. The van der Waals surface area contributed by atoms with E-state index in [1.807, 2.05) is 4.90 Å². The van der Waals surface area contributed by atoms with Crippen LogP contribution in [0, 0.1) is 11.6 Å². The third-order valence-corrected chi connectivity index (χ3v) is 7.85. The monoisotopic (exact) mass is 571 g/mol. The van der Waals surface area contributed by atoms with E-state index in [2.05, 4.69) is 10.1 Å². The maximum atomic E-state index is 14.4. The molecule has 2 aliphatic rings. The van der Waals surface area contributed by atoms with Gasteiger partial charge in [-0.05, 0) is 49.6 Å². The van der Waals surface area contributed by atoms with Gasteiger partial charge in [0.15, 0.2) is 23.0 Å². The number of hydrogen-bond donors (Lipinski definition) is 0. The van der Waals surface area contributed by atoms with Gasteiger partial charge in [0.25, 0.3) is 5.91 Å². The molecular weight excluding hydrogens is 545 g/mol. The average molecular weight is 572 g/mol. The number of alkyl halides is 3. The van der Waals surface area contributed by atoms with Crippen LogP contribution in [0.3, 0.4) is 0 Å². The molecule has 1 atom stereocenters. The Morgan fingerprint density at radius 2 is 1.93 bits per heavy atom. The number of carbonyl (C=O) groups excluding carboxylic acids is 1. The van der Waals surface area contributed by atoms with E-state index in [9.17, 15) is 26.7 Å². The molecule has 0 spiro atoms. The minimum absolute atomic E-state index is 0.0320. The number of fused-ring (bicyclic) bond motifs is 4. The first kappa shape index (κ1) is 27.1. The van der Waals surface area contributed by atoms with Crippen LogP contribution in [0.25, 0.3) is 16.9 Å². The van der Waals surface area contributed by atoms with Crippen molar-refractivity contribution in [2.24, 2.45) is 0 Å². The molecule has 41 heavy (non-hydrogen) atoms. The Labute approximate surface area is 232 Å². The van der Waals surface area contributed by atoms with Gasteiger partial charge in [0.2, 0.25) is 0 Å². The second-order valence-electron chi connectivity index (χ2n) is 10.4. The summed E-state index contributed by atoms with van der Waals surface area (Å²) in [6.07, 6.45) is -3.10. The van der Waals surface area contributed by atoms with Gasteiger partial charge < -0.3 is 9.64 Å². The van der Waals surface area contributed by atoms with Crippen molar-refractivity contribution in [3.63, 3.8) is 0 Å². The maximum Gasteiger partial charge on any atom is 0.433 e. The molecular formula is C29H26F5N5O2. The van der Waals surface area contributed by atoms with Crippen LogP contribution >= 0.6 is 0 Å². The van der Waals surface area contributed by atoms with Crippen molar-refractivity contribution in [3.05, 3.63) is 82.2 Å². The minimum atomic E-state index is -4.73. The highest BCUT2D eigenvalue weighted by atomic mass is 19.4. The number of ether oxygens (including phenoxy) is 1. The smallest absolute Gasteiger partial charge is 0.433 e. The summed E-state index contributed by atoms with van der Waals surface area (Å²) in [5.74, 6) is -1.72. The van der Waals surface area contributed by atoms with Gasteiger partial charge in [-0.15, -0.1) is 0 Å². The highest BCUT2D eigenvalue weighted by Gasteiger charge is 2.41. The number of benzene rings is 2. The molecule has 12 heteroatoms. The predicted octanol–water partition coefficient (Wildman–Crippen LogP) is 5.15. The Kier molecular flexibility index (Phi) is 6.68. The molecule has 0 saturated carbocycles. The molecule has 4 aromatic rings. The van der Waals surface area contributed by atoms with Crippen molar-refractivity contribution >= 4 is 11.6 Å². The van der Waals surface area contributed by atoms with Crippen LogP contribution in [0.2, 0.25) is 0 Å². The van der Waals surface area contributed by atoms with E-state index >= 15 is 0 Å². The second-order valence-corrected chi connectivity index (χ2v) is 10.4. The highest BCUT2D eigenvalue weighted by molar-refractivity contribution is 6.00. The van der Waals surface area contributed by atoms with Gasteiger partial charge in [-0.25, -0.2) is 18.3 Å². The Morgan fingerprint density at radius 1 is 1.12 bits per heavy atom. The van der Waals surface area contributed by atoms with Crippen molar-refractivity contribution in [2.45, 2.75) is 38.5 Å². The summed E-state index contributed by atoms with van der Waals surface area (Å²) in [6.45, 7) is 2.95. The largest absolute Gasteiger partial charge is 0.497 e. The zero-order valence-electron chi connectivity index (χ0n) is 22.3. The van der Waals surface area contributed by atoms with Crippen molar-refractivity contribution in [3.8, 4) is 17.0 Å². The fourth-order valence-electron chi connectivity index (χ4n) is 5.87. The first-order chi connectivity index (χ1) is 19.6. The van der Waals surface area contributed by atoms with Crippen LogP contribution in [-0.4, -0.2) is 63.1 Å². The van der Waals surface area contributed by atoms with E-state index < -0.39 is 29.4 Å². The number of amides is 1. The van der Waals surface area contributed by atoms with E-state index in [1.165, 1.54) is 19.2 Å². The minimum Gasteiger partial charge on any atom is -0.497 e. The van der Waals surface area contributed by atoms with Gasteiger partial charge in [0.1, 0.15) is 11.3 Å². The zero-order valence-corrected chi connectivity index (χ0v) is 22.3. The van der Waals surface area contributed by atoms with E-state index in [1.54, 1.807) is 30.0 Å². The SMILES string of the molecule is COc1ccc2c(c1)CCc1c-2nc2c(C(=O)N3CCN(Cc4cccc(F)c4F)C[C@H]3C)cnn2c1C(F)(F)F. The van der Waals surface area contributed by atoms with Crippen LogP contribution in [0.1, 0.15) is 39.7 Å². The second kappa shape index (κ2) is 10.1. The standard InChI is InChI=1S/C29H26F5N5O2/c1-16-14-37(15-18-4-3-5-23(30)24(18)31)10-11-38(16)28(40)22-13-35-39-26(29(32,33)34)21-8-6-17-12-19(41-2)7-9-20(17)25(21)36-27(22)39/h3-5,7,9,12-13,16H,6,8,10-11,14-15H2,1-2H3/t16-/m1/s1. The predicted molar refractivity (Wildman–Crippen MR) is 140 cm³/mol. The third-order valence-electron chi connectivity index (χ3n) is 7.85. The van der Waals surface area contributed by atoms with Crippen LogP contribution in [-0.2, 0) is 25.6 Å². The molecule has 3 heterocycles. The highest BCUT2D eigenvalue weighted by Crippen LogP contribution is 2.42. The average Bonchev–Trinajstić information content (AvgIpc) is 3.36. The molecule has 0 radical (unpaired) electrons. The number of rotatable bonds is 4. The maximum absolute atomic E-state index is 14.4. The Bertz CT molecular complexity index is 1670. The number of methoxy groups -OCH3 is 1. The van der Waals surface area contributed by atoms with Crippen molar-refractivity contribution < 1.29 is 31.5 Å². The molecule has 0 bridgehead atoms. The molecule has 1 aliphatic carbocycles. The number of halogens is 5. The number of aromatic nitrogens is 3. The van der Waals surface area contributed by atoms with Crippen molar-refractivity contribution in [1.82, 2.24) is 24.4 Å². The van der Waals surface area contributed by atoms with Crippen LogP contribution in [0.15, 0.2) is 42.6 Å². The molecule has 6 rings (SSSR count). The molecule has 1 amide bonds. The molecule has 1 fully saturated rings. The number of nitrogens with zero attached hydrogens (tertiary/aromatic N) is 5. The van der Waals surface area contributed by atoms with Crippen molar-refractivity contribution in [1.29, 1.82) is 0 Å². The summed E-state index contributed by atoms with van der Waals surface area (Å²) >= 11 is 0. The lowest BCUT2D eigenvalue weighted by molar-refractivity contribution is -0.143. The fraction of sp³-hybridized carbons (Fsp3) is 0.345. The first-order valence-electron chi connectivity index (χ1n) is 13.2. The fourth-order valence-corrected chi connectivity index (χ4v) is 5.87. The van der Waals surface area contributed by atoms with E-state index in [-0.39, 0.29) is 53.6 Å². The molecule has 2 aromatic heterocycles. The summed E-state index contributed by atoms with van der Waals surface area (Å²) in [5.41, 5.74) is 0.672. The number of aryl methyl sites for hydroxylation is 1. The normalized spacial score (nSPS) is 17.4. The Morgan fingerprint density at radius 3 is 2.66 bits per heavy atom. The summed E-state index contributed by atoms with van der Waals surface area (Å²) in [5, 5.41) is 3.99. The summed E-state index contributed by atoms with van der Waals surface area (Å²) < 4.78 is 77.2. The van der Waals surface area contributed by atoms with Gasteiger partial charge in [0.05, 0.1) is 19.0 Å². The van der Waals surface area contributed by atoms with Crippen LogP contribution in [0.5, 0.6) is 5.75 Å². The number of carbonyl (C=O) groups is 1. The van der Waals surface area contributed by atoms with Gasteiger partial charge in [-0.3, -0.25) is 9.69 Å². The zero-order chi connectivity index (χ0) is 29.1. The number of piperazine rings is 1. The van der Waals surface area contributed by atoms with E-state index in [0.29, 0.717) is 30.8 Å². The lowest BCUT2D eigenvalue weighted by atomic mass is 9.87. The van der Waals surface area contributed by atoms with Crippen molar-refractivity contribution in [2.75, 3.05) is 26.7 Å². The molecule has 0 N–H and O–H groups in total. The van der Waals surface area contributed by atoms with Gasteiger partial charge in [-0.1, -0.05) is 12.1 Å². The van der Waals surface area contributed by atoms with Crippen LogP contribution < -0.4 is 4.74 Å². The number of hydrogen-bond acceptors (Lipinski definition) is 5. The Hall–Kier alpha value is -4.06. The summed E-state index contributed by atoms with van der Waals surface area (Å²) in [4.78, 5) is 21.8. The lowest BCUT2D eigenvalue weighted by Gasteiger charge is -2.39. The molecule has 1 aliphatic heterocycles. The summed E-state index contributed by atoms with van der Waals surface area (Å²) in [7, 11) is 1.52. The third kappa shape index (κ3) is 4.69. The van der Waals surface area contributed by atoms with Crippen LogP contribution in [0.4, 0.5) is 22.0 Å². The van der Waals surface area contributed by atoms with E-state index in [0.717, 1.165) is 22.3 Å². The Balaban J connectivity index is 1.34. The van der Waals surface area contributed by atoms with Gasteiger partial charge in [0, 0.05) is 48.9 Å². The molecule has 0 unspecified atom stereocenters. The summed E-state index contributed by atoms with van der Waals surface area (Å²) in [6, 6.07) is 8.81. The van der Waals surface area contributed by atoms with Gasteiger partial charge in [-0.2, -0.15) is 18.3 Å². The van der Waals surface area contributed by atoms with Gasteiger partial charge >= 0.3 is 6.18 Å². The molecule has 1 saturated heterocycles. The molecule has 2 aromatic carbocycles. The van der Waals surface area contributed by atoms with E-state index in [4.69, 9.17) is 4.74 Å². The topological polar surface area (TPSA) is 63.0 Å². The first-order valence-corrected chi connectivity index (χ1v) is 13.2.